The Morgan fingerprint density at radius 1 is 1.03 bits per heavy atom. The van der Waals surface area contributed by atoms with E-state index in [4.69, 9.17) is 21.3 Å². The van der Waals surface area contributed by atoms with Gasteiger partial charge in [-0.2, -0.15) is 0 Å². The second-order valence-corrected chi connectivity index (χ2v) is 8.97. The van der Waals surface area contributed by atoms with Crippen LogP contribution < -0.4 is 10.1 Å². The van der Waals surface area contributed by atoms with Gasteiger partial charge in [0.15, 0.2) is 0 Å². The molecule has 3 aromatic carbocycles. The third-order valence-corrected chi connectivity index (χ3v) is 6.07. The van der Waals surface area contributed by atoms with Gasteiger partial charge in [0.1, 0.15) is 11.6 Å². The summed E-state index contributed by atoms with van der Waals surface area (Å²) >= 11 is 6.18. The fraction of sp³-hybridized carbons (Fsp3) is 0.286. The van der Waals surface area contributed by atoms with Crippen molar-refractivity contribution in [3.05, 3.63) is 94.3 Å². The van der Waals surface area contributed by atoms with Crippen LogP contribution in [0.4, 0.5) is 0 Å². The van der Waals surface area contributed by atoms with E-state index in [2.05, 4.69) is 48.0 Å². The summed E-state index contributed by atoms with van der Waals surface area (Å²) in [5, 5.41) is 3.62. The number of rotatable bonds is 10. The molecule has 0 fully saturated rings. The molecule has 6 heteroatoms. The monoisotopic (exact) mass is 475 g/mol. The van der Waals surface area contributed by atoms with Gasteiger partial charge in [0.05, 0.1) is 24.1 Å². The zero-order valence-corrected chi connectivity index (χ0v) is 20.4. The Kier molecular flexibility index (Phi) is 7.86. The maximum absolute atomic E-state index is 12.4. The molecule has 0 bridgehead atoms. The molecular weight excluding hydrogens is 446 g/mol. The van der Waals surface area contributed by atoms with Crippen molar-refractivity contribution in [1.82, 2.24) is 14.9 Å². The first-order chi connectivity index (χ1) is 16.5. The Morgan fingerprint density at radius 2 is 1.76 bits per heavy atom. The summed E-state index contributed by atoms with van der Waals surface area (Å²) in [7, 11) is 0. The van der Waals surface area contributed by atoms with Crippen LogP contribution in [0.1, 0.15) is 28.9 Å². The summed E-state index contributed by atoms with van der Waals surface area (Å²) in [4.78, 5) is 17.2. The first-order valence-electron chi connectivity index (χ1n) is 11.6. The smallest absolute Gasteiger partial charge is 0.224 e. The number of carbonyl (C=O) groups excluding carboxylic acids is 1. The summed E-state index contributed by atoms with van der Waals surface area (Å²) in [5.74, 6) is 1.83. The number of nitrogens with zero attached hydrogens (tertiary/aromatic N) is 2. The van der Waals surface area contributed by atoms with Gasteiger partial charge in [0.2, 0.25) is 5.91 Å². The van der Waals surface area contributed by atoms with Crippen molar-refractivity contribution in [2.45, 2.75) is 39.7 Å². The van der Waals surface area contributed by atoms with E-state index in [9.17, 15) is 4.79 Å². The van der Waals surface area contributed by atoms with Crippen molar-refractivity contribution in [3.63, 3.8) is 0 Å². The van der Waals surface area contributed by atoms with Crippen LogP contribution in [0.15, 0.2) is 66.7 Å². The van der Waals surface area contributed by atoms with Crippen molar-refractivity contribution in [1.29, 1.82) is 0 Å². The van der Waals surface area contributed by atoms with Crippen LogP contribution in [-0.2, 0) is 24.2 Å². The third kappa shape index (κ3) is 6.17. The minimum atomic E-state index is -0.0439. The van der Waals surface area contributed by atoms with Gasteiger partial charge in [-0.25, -0.2) is 4.98 Å². The SMILES string of the molecule is Cc1cc(C)cc(OCCCn2c(CCNC(=O)Cc3ccccc3Cl)nc3ccccc32)c1. The number of aromatic nitrogens is 2. The van der Waals surface area contributed by atoms with Crippen molar-refractivity contribution in [3.8, 4) is 5.75 Å². The maximum Gasteiger partial charge on any atom is 0.224 e. The van der Waals surface area contributed by atoms with Crippen LogP contribution in [0, 0.1) is 13.8 Å². The Hall–Kier alpha value is -3.31. The van der Waals surface area contributed by atoms with E-state index < -0.39 is 0 Å². The highest BCUT2D eigenvalue weighted by molar-refractivity contribution is 6.31. The molecule has 0 aliphatic carbocycles. The van der Waals surface area contributed by atoms with Gasteiger partial charge in [-0.1, -0.05) is 48.0 Å². The van der Waals surface area contributed by atoms with Crippen LogP contribution in [0.5, 0.6) is 5.75 Å². The molecule has 1 N–H and O–H groups in total. The van der Waals surface area contributed by atoms with Crippen LogP contribution in [0.3, 0.4) is 0 Å². The summed E-state index contributed by atoms with van der Waals surface area (Å²) < 4.78 is 8.23. The first-order valence-corrected chi connectivity index (χ1v) is 12.0. The molecular formula is C28H30ClN3O2. The molecule has 0 spiro atoms. The molecule has 0 saturated carbocycles. The minimum Gasteiger partial charge on any atom is -0.494 e. The van der Waals surface area contributed by atoms with Crippen molar-refractivity contribution < 1.29 is 9.53 Å². The van der Waals surface area contributed by atoms with Crippen LogP contribution >= 0.6 is 11.6 Å². The molecule has 0 atom stereocenters. The Morgan fingerprint density at radius 3 is 2.56 bits per heavy atom. The molecule has 0 saturated heterocycles. The average molecular weight is 476 g/mol. The van der Waals surface area contributed by atoms with E-state index in [1.165, 1.54) is 11.1 Å². The highest BCUT2D eigenvalue weighted by atomic mass is 35.5. The molecule has 176 valence electrons. The Balaban J connectivity index is 1.35. The predicted octanol–water partition coefficient (Wildman–Crippen LogP) is 5.68. The second-order valence-electron chi connectivity index (χ2n) is 8.56. The van der Waals surface area contributed by atoms with Crippen LogP contribution in [0.25, 0.3) is 11.0 Å². The van der Waals surface area contributed by atoms with Gasteiger partial charge < -0.3 is 14.6 Å². The average Bonchev–Trinajstić information content (AvgIpc) is 3.15. The number of para-hydroxylation sites is 2. The number of ether oxygens (including phenoxy) is 1. The lowest BCUT2D eigenvalue weighted by Gasteiger charge is -2.12. The lowest BCUT2D eigenvalue weighted by atomic mass is 10.1. The molecule has 4 rings (SSSR count). The molecule has 0 unspecified atom stereocenters. The van der Waals surface area contributed by atoms with Crippen molar-refractivity contribution >= 4 is 28.5 Å². The fourth-order valence-electron chi connectivity index (χ4n) is 4.19. The molecule has 0 radical (unpaired) electrons. The van der Waals surface area contributed by atoms with E-state index in [1.807, 2.05) is 36.4 Å². The maximum atomic E-state index is 12.4. The molecule has 5 nitrogen and oxygen atoms in total. The van der Waals surface area contributed by atoms with Crippen molar-refractivity contribution in [2.24, 2.45) is 0 Å². The number of aryl methyl sites for hydroxylation is 3. The third-order valence-electron chi connectivity index (χ3n) is 5.70. The summed E-state index contributed by atoms with van der Waals surface area (Å²) in [6.45, 7) is 6.11. The highest BCUT2D eigenvalue weighted by Crippen LogP contribution is 2.19. The van der Waals surface area contributed by atoms with Crippen LogP contribution in [0.2, 0.25) is 5.02 Å². The molecule has 4 aromatic rings. The molecule has 34 heavy (non-hydrogen) atoms. The fourth-order valence-corrected chi connectivity index (χ4v) is 4.39. The lowest BCUT2D eigenvalue weighted by molar-refractivity contribution is -0.120. The van der Waals surface area contributed by atoms with Gasteiger partial charge in [0.25, 0.3) is 0 Å². The highest BCUT2D eigenvalue weighted by Gasteiger charge is 2.12. The predicted molar refractivity (Wildman–Crippen MR) is 138 cm³/mol. The normalized spacial score (nSPS) is 11.0. The lowest BCUT2D eigenvalue weighted by Crippen LogP contribution is -2.28. The summed E-state index contributed by atoms with van der Waals surface area (Å²) in [5.41, 5.74) is 5.31. The van der Waals surface area contributed by atoms with E-state index in [1.54, 1.807) is 6.07 Å². The Bertz CT molecular complexity index is 1260. The van der Waals surface area contributed by atoms with Gasteiger partial charge in [-0.05, 0) is 67.3 Å². The van der Waals surface area contributed by atoms with E-state index in [0.717, 1.165) is 41.1 Å². The molecule has 1 heterocycles. The zero-order chi connectivity index (χ0) is 23.9. The first kappa shape index (κ1) is 23.8. The number of halogens is 1. The van der Waals surface area contributed by atoms with E-state index in [-0.39, 0.29) is 12.3 Å². The summed E-state index contributed by atoms with van der Waals surface area (Å²) in [6, 6.07) is 21.8. The molecule has 1 amide bonds. The van der Waals surface area contributed by atoms with Gasteiger partial charge in [0, 0.05) is 24.5 Å². The molecule has 0 aliphatic heterocycles. The number of nitrogens with one attached hydrogen (secondary N) is 1. The van der Waals surface area contributed by atoms with Gasteiger partial charge in [-0.3, -0.25) is 4.79 Å². The largest absolute Gasteiger partial charge is 0.494 e. The summed E-state index contributed by atoms with van der Waals surface area (Å²) in [6.07, 6.45) is 1.78. The van der Waals surface area contributed by atoms with Crippen LogP contribution in [-0.4, -0.2) is 28.6 Å². The van der Waals surface area contributed by atoms with Gasteiger partial charge >= 0.3 is 0 Å². The topological polar surface area (TPSA) is 56.1 Å². The number of hydrogen-bond acceptors (Lipinski definition) is 3. The number of benzene rings is 3. The number of hydrogen-bond donors (Lipinski definition) is 1. The quantitative estimate of drug-likeness (QED) is 0.300. The number of carbonyl (C=O) groups is 1. The standard InChI is InChI=1S/C28H30ClN3O2/c1-20-16-21(2)18-23(17-20)34-15-7-14-32-26-11-6-5-10-25(26)31-27(32)12-13-30-28(33)19-22-8-3-4-9-24(22)29/h3-6,8-11,16-18H,7,12-15,19H2,1-2H3,(H,30,33). The van der Waals surface area contributed by atoms with Gasteiger partial charge in [-0.15, -0.1) is 0 Å². The van der Waals surface area contributed by atoms with Crippen molar-refractivity contribution in [2.75, 3.05) is 13.2 Å². The van der Waals surface area contributed by atoms with E-state index in [0.29, 0.717) is 24.6 Å². The molecule has 1 aromatic heterocycles. The van der Waals surface area contributed by atoms with E-state index >= 15 is 0 Å². The number of amides is 1. The Labute approximate surface area is 205 Å². The number of fused-ring (bicyclic) bond motifs is 1. The second kappa shape index (κ2) is 11.2. The number of imidazole rings is 1. The zero-order valence-electron chi connectivity index (χ0n) is 19.7. The minimum absolute atomic E-state index is 0.0439. The molecule has 0 aliphatic rings.